The van der Waals surface area contributed by atoms with Crippen molar-refractivity contribution < 1.29 is 24.1 Å². The number of hydrogen-bond acceptors (Lipinski definition) is 5. The number of fused-ring (bicyclic) bond motifs is 2. The van der Waals surface area contributed by atoms with Crippen molar-refractivity contribution >= 4 is 27.7 Å². The number of amides is 2. The van der Waals surface area contributed by atoms with Gasteiger partial charge in [-0.25, -0.2) is 14.8 Å². The summed E-state index contributed by atoms with van der Waals surface area (Å²) in [5.41, 5.74) is 2.51. The zero-order chi connectivity index (χ0) is 21.3. The van der Waals surface area contributed by atoms with Crippen molar-refractivity contribution in [2.75, 3.05) is 0 Å². The highest BCUT2D eigenvalue weighted by atomic mass is 79.9. The van der Waals surface area contributed by atoms with Gasteiger partial charge in [-0.3, -0.25) is 15.0 Å². The smallest absolute Gasteiger partial charge is 0.269 e. The summed E-state index contributed by atoms with van der Waals surface area (Å²) < 4.78 is 7.28. The average Bonchev–Trinajstić information content (AvgIpc) is 2.96. The minimum Gasteiger partial charge on any atom is -0.319 e. The van der Waals surface area contributed by atoms with Crippen LogP contribution < -0.4 is 5.43 Å². The van der Waals surface area contributed by atoms with Gasteiger partial charge in [-0.1, -0.05) is 29.8 Å². The molecule has 5 fully saturated rings. The van der Waals surface area contributed by atoms with Gasteiger partial charge in [0.2, 0.25) is 11.7 Å². The van der Waals surface area contributed by atoms with Crippen molar-refractivity contribution in [3.8, 4) is 0 Å². The molecule has 1 spiro atoms. The number of hydrogen-bond donors (Lipinski definition) is 1. The Morgan fingerprint density at radius 2 is 1.87 bits per heavy atom. The van der Waals surface area contributed by atoms with Crippen LogP contribution in [0.25, 0.3) is 0 Å². The Labute approximate surface area is 184 Å². The molecule has 1 aromatic carbocycles. The van der Waals surface area contributed by atoms with E-state index in [1.54, 1.807) is 24.3 Å². The molecule has 7 atom stereocenters. The number of carbonyl (C=O) groups is 2. The topological polar surface area (TPSA) is 77.1 Å². The number of ether oxygens (including phenoxy) is 1. The number of benzene rings is 1. The predicted molar refractivity (Wildman–Crippen MR) is 110 cm³/mol. The van der Waals surface area contributed by atoms with Crippen molar-refractivity contribution in [2.24, 2.45) is 23.7 Å². The SMILES string of the molecule is C[C@@H]1CC[C@H]2[C@@H](C)C(=O)N(NC(=O)c3ccc(Br)cc3)[C@@H]3OC4(C)CC[C@@H]1[C@@]23OO4. The Bertz CT molecular complexity index is 879. The van der Waals surface area contributed by atoms with Gasteiger partial charge in [0.1, 0.15) is 0 Å². The van der Waals surface area contributed by atoms with Gasteiger partial charge in [0.05, 0.1) is 0 Å². The molecule has 162 valence electrons. The molecule has 4 heterocycles. The van der Waals surface area contributed by atoms with Gasteiger partial charge in [0, 0.05) is 28.3 Å². The lowest BCUT2D eigenvalue weighted by atomic mass is 9.57. The van der Waals surface area contributed by atoms with Crippen LogP contribution in [0.15, 0.2) is 28.7 Å². The minimum atomic E-state index is -0.945. The normalized spacial score (nSPS) is 42.5. The summed E-state index contributed by atoms with van der Waals surface area (Å²) >= 11 is 3.38. The Morgan fingerprint density at radius 1 is 1.13 bits per heavy atom. The molecule has 1 aromatic rings. The lowest BCUT2D eigenvalue weighted by molar-refractivity contribution is -0.549. The van der Waals surface area contributed by atoms with E-state index in [1.807, 2.05) is 13.8 Å². The van der Waals surface area contributed by atoms with E-state index in [9.17, 15) is 9.59 Å². The second-order valence-corrected chi connectivity index (χ2v) is 10.3. The second kappa shape index (κ2) is 7.02. The van der Waals surface area contributed by atoms with E-state index >= 15 is 0 Å². The molecule has 5 aliphatic rings. The van der Waals surface area contributed by atoms with Gasteiger partial charge >= 0.3 is 0 Å². The van der Waals surface area contributed by atoms with Crippen molar-refractivity contribution in [2.45, 2.75) is 64.1 Å². The van der Waals surface area contributed by atoms with Crippen LogP contribution in [0.2, 0.25) is 0 Å². The van der Waals surface area contributed by atoms with Crippen LogP contribution >= 0.6 is 15.9 Å². The molecule has 2 amide bonds. The first-order valence-corrected chi connectivity index (χ1v) is 11.5. The summed E-state index contributed by atoms with van der Waals surface area (Å²) in [6.07, 6.45) is 2.79. The Balaban J connectivity index is 1.54. The Hall–Kier alpha value is -1.48. The van der Waals surface area contributed by atoms with Crippen LogP contribution in [0, 0.1) is 23.7 Å². The van der Waals surface area contributed by atoms with E-state index in [1.165, 1.54) is 5.01 Å². The molecular formula is C22H27BrN2O5. The first-order valence-electron chi connectivity index (χ1n) is 10.7. The fourth-order valence-corrected chi connectivity index (χ4v) is 6.21. The number of rotatable bonds is 2. The van der Waals surface area contributed by atoms with E-state index in [0.717, 1.165) is 23.7 Å². The molecule has 0 aromatic heterocycles. The molecule has 30 heavy (non-hydrogen) atoms. The van der Waals surface area contributed by atoms with Gasteiger partial charge in [0.15, 0.2) is 11.8 Å². The molecular weight excluding hydrogens is 452 g/mol. The largest absolute Gasteiger partial charge is 0.319 e. The molecule has 2 bridgehead atoms. The van der Waals surface area contributed by atoms with Crippen LogP contribution in [0.1, 0.15) is 56.8 Å². The van der Waals surface area contributed by atoms with E-state index in [4.69, 9.17) is 14.5 Å². The van der Waals surface area contributed by atoms with Gasteiger partial charge < -0.3 is 4.74 Å². The van der Waals surface area contributed by atoms with Crippen molar-refractivity contribution in [3.05, 3.63) is 34.3 Å². The number of hydrazine groups is 1. The van der Waals surface area contributed by atoms with Crippen LogP contribution in [0.3, 0.4) is 0 Å². The number of carbonyl (C=O) groups excluding carboxylic acids is 2. The third kappa shape index (κ3) is 2.87. The van der Waals surface area contributed by atoms with Crippen molar-refractivity contribution in [3.63, 3.8) is 0 Å². The molecule has 6 rings (SSSR count). The van der Waals surface area contributed by atoms with Crippen LogP contribution in [-0.2, 0) is 19.3 Å². The number of nitrogens with one attached hydrogen (secondary N) is 1. The van der Waals surface area contributed by atoms with E-state index < -0.39 is 17.6 Å². The summed E-state index contributed by atoms with van der Waals surface area (Å²) in [6, 6.07) is 7.02. The van der Waals surface area contributed by atoms with Crippen LogP contribution in [-0.4, -0.2) is 34.4 Å². The number of piperidine rings is 1. The van der Waals surface area contributed by atoms with Gasteiger partial charge in [-0.2, -0.15) is 0 Å². The lowest BCUT2D eigenvalue weighted by Gasteiger charge is -2.61. The predicted octanol–water partition coefficient (Wildman–Crippen LogP) is 3.79. The number of nitrogens with zero attached hydrogens (tertiary/aromatic N) is 1. The summed E-state index contributed by atoms with van der Waals surface area (Å²) in [6.45, 7) is 6.00. The first-order chi connectivity index (χ1) is 14.2. The molecule has 7 nitrogen and oxygen atoms in total. The number of halogens is 1. The summed E-state index contributed by atoms with van der Waals surface area (Å²) in [7, 11) is 0. The highest BCUT2D eigenvalue weighted by Gasteiger charge is 2.71. The fraction of sp³-hybridized carbons (Fsp3) is 0.636. The molecule has 8 heteroatoms. The zero-order valence-electron chi connectivity index (χ0n) is 17.4. The summed E-state index contributed by atoms with van der Waals surface area (Å²) in [4.78, 5) is 38.4. The Morgan fingerprint density at radius 3 is 2.60 bits per heavy atom. The second-order valence-electron chi connectivity index (χ2n) is 9.38. The monoisotopic (exact) mass is 478 g/mol. The van der Waals surface area contributed by atoms with Gasteiger partial charge in [-0.15, -0.1) is 0 Å². The molecule has 1 N–H and O–H groups in total. The molecule has 4 aliphatic heterocycles. The maximum Gasteiger partial charge on any atom is 0.269 e. The van der Waals surface area contributed by atoms with Crippen LogP contribution in [0.4, 0.5) is 0 Å². The summed E-state index contributed by atoms with van der Waals surface area (Å²) in [5.74, 6) is -1.16. The Kier molecular flexibility index (Phi) is 4.78. The zero-order valence-corrected chi connectivity index (χ0v) is 19.0. The molecule has 1 aliphatic carbocycles. The van der Waals surface area contributed by atoms with Crippen molar-refractivity contribution in [1.29, 1.82) is 0 Å². The third-order valence-corrected chi connectivity index (χ3v) is 8.12. The van der Waals surface area contributed by atoms with Crippen LogP contribution in [0.5, 0.6) is 0 Å². The van der Waals surface area contributed by atoms with E-state index in [0.29, 0.717) is 17.9 Å². The van der Waals surface area contributed by atoms with E-state index in [2.05, 4.69) is 28.3 Å². The summed E-state index contributed by atoms with van der Waals surface area (Å²) in [5, 5.41) is 1.38. The van der Waals surface area contributed by atoms with Gasteiger partial charge in [0.25, 0.3) is 5.91 Å². The first kappa shape index (κ1) is 20.4. The molecule has 0 radical (unpaired) electrons. The fourth-order valence-electron chi connectivity index (χ4n) is 5.95. The maximum atomic E-state index is 13.4. The van der Waals surface area contributed by atoms with Gasteiger partial charge in [-0.05, 0) is 62.3 Å². The van der Waals surface area contributed by atoms with E-state index in [-0.39, 0.29) is 29.6 Å². The minimum absolute atomic E-state index is 0.0142. The molecule has 4 saturated heterocycles. The standard InChI is InChI=1S/C22H27BrN2O5/c1-12-4-9-17-13(2)19(27)25(24-18(26)14-5-7-15(23)8-6-14)20-22(17)16(12)10-11-21(3,28-20)29-30-22/h5-8,12-13,16-17,20H,4,9-11H2,1-3H3,(H,24,26)/t12-,13-,16+,17+,20-,21?,22-/m1/s1. The molecule has 1 saturated carbocycles. The third-order valence-electron chi connectivity index (χ3n) is 7.59. The highest BCUT2D eigenvalue weighted by Crippen LogP contribution is 2.60. The average molecular weight is 479 g/mol. The van der Waals surface area contributed by atoms with Crippen molar-refractivity contribution in [1.82, 2.24) is 10.4 Å². The maximum absolute atomic E-state index is 13.4. The lowest BCUT2D eigenvalue weighted by Crippen LogP contribution is -2.77. The molecule has 1 unspecified atom stereocenters. The quantitative estimate of drug-likeness (QED) is 0.654. The highest BCUT2D eigenvalue weighted by molar-refractivity contribution is 9.10.